The molecule has 0 aromatic heterocycles. The van der Waals surface area contributed by atoms with E-state index in [1.165, 1.54) is 19.3 Å². The molecule has 3 unspecified atom stereocenters. The van der Waals surface area contributed by atoms with E-state index in [2.05, 4.69) is 17.6 Å². The SMILES string of the molecule is CCCC(C)(NC(=O)NCC1CCCCC1C)C(=O)O. The van der Waals surface area contributed by atoms with Gasteiger partial charge in [-0.2, -0.15) is 0 Å². The molecule has 0 bridgehead atoms. The molecule has 3 atom stereocenters. The molecule has 1 aliphatic carbocycles. The highest BCUT2D eigenvalue weighted by molar-refractivity contribution is 5.85. The fourth-order valence-electron chi connectivity index (χ4n) is 2.94. The molecule has 20 heavy (non-hydrogen) atoms. The Balaban J connectivity index is 2.43. The van der Waals surface area contributed by atoms with Crippen molar-refractivity contribution in [3.8, 4) is 0 Å². The molecule has 0 aromatic carbocycles. The first-order chi connectivity index (χ1) is 9.39. The standard InChI is InChI=1S/C15H28N2O3/c1-4-9-15(3,13(18)19)17-14(20)16-10-12-8-6-5-7-11(12)2/h11-12H,4-10H2,1-3H3,(H,18,19)(H2,16,17,20). The van der Waals surface area contributed by atoms with Crippen LogP contribution in [0.1, 0.15) is 59.3 Å². The van der Waals surface area contributed by atoms with Gasteiger partial charge < -0.3 is 15.7 Å². The van der Waals surface area contributed by atoms with Gasteiger partial charge in [0.2, 0.25) is 0 Å². The Kier molecular flexibility index (Phi) is 6.30. The van der Waals surface area contributed by atoms with Gasteiger partial charge in [0.05, 0.1) is 0 Å². The van der Waals surface area contributed by atoms with Crippen molar-refractivity contribution in [1.29, 1.82) is 0 Å². The molecule has 0 heterocycles. The monoisotopic (exact) mass is 284 g/mol. The molecule has 0 spiro atoms. The lowest BCUT2D eigenvalue weighted by Crippen LogP contribution is -2.55. The number of urea groups is 1. The largest absolute Gasteiger partial charge is 0.480 e. The van der Waals surface area contributed by atoms with Gasteiger partial charge >= 0.3 is 12.0 Å². The van der Waals surface area contributed by atoms with E-state index in [9.17, 15) is 14.7 Å². The van der Waals surface area contributed by atoms with E-state index in [1.54, 1.807) is 6.92 Å². The van der Waals surface area contributed by atoms with E-state index in [0.29, 0.717) is 31.2 Å². The minimum atomic E-state index is -1.18. The highest BCUT2D eigenvalue weighted by Crippen LogP contribution is 2.28. The van der Waals surface area contributed by atoms with E-state index in [4.69, 9.17) is 0 Å². The zero-order valence-corrected chi connectivity index (χ0v) is 12.9. The zero-order valence-electron chi connectivity index (χ0n) is 12.9. The number of hydrogen-bond acceptors (Lipinski definition) is 2. The summed E-state index contributed by atoms with van der Waals surface area (Å²) in [5, 5.41) is 14.7. The summed E-state index contributed by atoms with van der Waals surface area (Å²) in [5.41, 5.74) is -1.18. The normalized spacial score (nSPS) is 25.6. The van der Waals surface area contributed by atoms with Gasteiger partial charge in [0, 0.05) is 6.54 Å². The van der Waals surface area contributed by atoms with Gasteiger partial charge in [-0.1, -0.05) is 39.5 Å². The number of rotatable bonds is 6. The zero-order chi connectivity index (χ0) is 15.2. The van der Waals surface area contributed by atoms with E-state index in [-0.39, 0.29) is 6.03 Å². The maximum atomic E-state index is 11.9. The van der Waals surface area contributed by atoms with Crippen LogP contribution >= 0.6 is 0 Å². The van der Waals surface area contributed by atoms with Crippen LogP contribution < -0.4 is 10.6 Å². The summed E-state index contributed by atoms with van der Waals surface area (Å²) in [6, 6.07) is -0.374. The average Bonchev–Trinajstić information content (AvgIpc) is 2.38. The molecule has 0 saturated heterocycles. The summed E-state index contributed by atoms with van der Waals surface area (Å²) in [5.74, 6) is 0.155. The van der Waals surface area contributed by atoms with Crippen molar-refractivity contribution in [2.24, 2.45) is 11.8 Å². The van der Waals surface area contributed by atoms with Crippen LogP contribution in [0.5, 0.6) is 0 Å². The van der Waals surface area contributed by atoms with Crippen LogP contribution in [0, 0.1) is 11.8 Å². The maximum absolute atomic E-state index is 11.9. The van der Waals surface area contributed by atoms with Gasteiger partial charge in [-0.15, -0.1) is 0 Å². The van der Waals surface area contributed by atoms with Crippen LogP contribution in [0.25, 0.3) is 0 Å². The Bertz CT molecular complexity index is 346. The highest BCUT2D eigenvalue weighted by atomic mass is 16.4. The van der Waals surface area contributed by atoms with Gasteiger partial charge in [-0.25, -0.2) is 9.59 Å². The number of carbonyl (C=O) groups excluding carboxylic acids is 1. The third-order valence-corrected chi connectivity index (χ3v) is 4.43. The van der Waals surface area contributed by atoms with Crippen LogP contribution in [-0.4, -0.2) is 29.2 Å². The van der Waals surface area contributed by atoms with Crippen molar-refractivity contribution in [2.45, 2.75) is 64.8 Å². The molecule has 0 aliphatic heterocycles. The second-order valence-electron chi connectivity index (χ2n) is 6.24. The Hall–Kier alpha value is -1.26. The molecule has 116 valence electrons. The predicted molar refractivity (Wildman–Crippen MR) is 78.6 cm³/mol. The molecule has 1 rings (SSSR count). The number of carboxylic acids is 1. The summed E-state index contributed by atoms with van der Waals surface area (Å²) in [6.45, 7) is 6.32. The van der Waals surface area contributed by atoms with Crippen molar-refractivity contribution in [3.05, 3.63) is 0 Å². The molecule has 1 saturated carbocycles. The minimum Gasteiger partial charge on any atom is -0.480 e. The summed E-state index contributed by atoms with van der Waals surface area (Å²) in [4.78, 5) is 23.2. The average molecular weight is 284 g/mol. The van der Waals surface area contributed by atoms with Gasteiger partial charge in [0.25, 0.3) is 0 Å². The Morgan fingerprint density at radius 3 is 2.50 bits per heavy atom. The molecule has 0 radical (unpaired) electrons. The number of amides is 2. The maximum Gasteiger partial charge on any atom is 0.329 e. The van der Waals surface area contributed by atoms with Gasteiger partial charge in [0.15, 0.2) is 0 Å². The molecule has 5 nitrogen and oxygen atoms in total. The van der Waals surface area contributed by atoms with Crippen LogP contribution in [0.2, 0.25) is 0 Å². The quantitative estimate of drug-likeness (QED) is 0.701. The van der Waals surface area contributed by atoms with E-state index < -0.39 is 11.5 Å². The highest BCUT2D eigenvalue weighted by Gasteiger charge is 2.34. The van der Waals surface area contributed by atoms with Gasteiger partial charge in [-0.3, -0.25) is 0 Å². The van der Waals surface area contributed by atoms with Gasteiger partial charge in [-0.05, 0) is 31.6 Å². The molecule has 1 fully saturated rings. The van der Waals surface area contributed by atoms with E-state index in [1.807, 2.05) is 6.92 Å². The molecule has 0 aromatic rings. The number of aliphatic carboxylic acids is 1. The van der Waals surface area contributed by atoms with Gasteiger partial charge in [0.1, 0.15) is 5.54 Å². The lowest BCUT2D eigenvalue weighted by atomic mass is 9.80. The summed E-state index contributed by atoms with van der Waals surface area (Å²) >= 11 is 0. The first-order valence-corrected chi connectivity index (χ1v) is 7.68. The van der Waals surface area contributed by atoms with Crippen molar-refractivity contribution in [3.63, 3.8) is 0 Å². The molecule has 3 N–H and O–H groups in total. The van der Waals surface area contributed by atoms with Crippen molar-refractivity contribution in [1.82, 2.24) is 10.6 Å². The minimum absolute atomic E-state index is 0.374. The first-order valence-electron chi connectivity index (χ1n) is 7.68. The third-order valence-electron chi connectivity index (χ3n) is 4.43. The summed E-state index contributed by atoms with van der Waals surface area (Å²) in [7, 11) is 0. The predicted octanol–water partition coefficient (Wildman–Crippen LogP) is 2.76. The molecular weight excluding hydrogens is 256 g/mol. The van der Waals surface area contributed by atoms with Crippen LogP contribution in [0.4, 0.5) is 4.79 Å². The van der Waals surface area contributed by atoms with Crippen molar-refractivity contribution < 1.29 is 14.7 Å². The lowest BCUT2D eigenvalue weighted by Gasteiger charge is -2.30. The number of hydrogen-bond donors (Lipinski definition) is 3. The summed E-state index contributed by atoms with van der Waals surface area (Å²) in [6.07, 6.45) is 6.00. The second-order valence-corrected chi connectivity index (χ2v) is 6.24. The fourth-order valence-corrected chi connectivity index (χ4v) is 2.94. The second kappa shape index (κ2) is 7.50. The number of carbonyl (C=O) groups is 2. The Morgan fingerprint density at radius 2 is 1.95 bits per heavy atom. The fraction of sp³-hybridized carbons (Fsp3) is 0.867. The van der Waals surface area contributed by atoms with Crippen LogP contribution in [0.15, 0.2) is 0 Å². The smallest absolute Gasteiger partial charge is 0.329 e. The molecule has 5 heteroatoms. The topological polar surface area (TPSA) is 78.4 Å². The summed E-state index contributed by atoms with van der Waals surface area (Å²) < 4.78 is 0. The van der Waals surface area contributed by atoms with Crippen molar-refractivity contribution in [2.75, 3.05) is 6.54 Å². The van der Waals surface area contributed by atoms with Crippen molar-refractivity contribution >= 4 is 12.0 Å². The molecule has 1 aliphatic rings. The van der Waals surface area contributed by atoms with Crippen LogP contribution in [-0.2, 0) is 4.79 Å². The molecule has 2 amide bonds. The van der Waals surface area contributed by atoms with E-state index >= 15 is 0 Å². The van der Waals surface area contributed by atoms with E-state index in [0.717, 1.165) is 6.42 Å². The third kappa shape index (κ3) is 4.69. The lowest BCUT2D eigenvalue weighted by molar-refractivity contribution is -0.144. The number of nitrogens with one attached hydrogen (secondary N) is 2. The number of carboxylic acid groups (broad SMARTS) is 1. The first kappa shape index (κ1) is 16.8. The van der Waals surface area contributed by atoms with Crippen LogP contribution in [0.3, 0.4) is 0 Å². The Morgan fingerprint density at radius 1 is 1.30 bits per heavy atom. The molecular formula is C15H28N2O3. The Labute approximate surface area is 121 Å².